The first-order valence-electron chi connectivity index (χ1n) is 7.50. The van der Waals surface area contributed by atoms with Crippen molar-refractivity contribution < 1.29 is 18.8 Å². The first-order chi connectivity index (χ1) is 11.2. The molecular formula is C17H14N2O4. The van der Waals surface area contributed by atoms with E-state index < -0.39 is 11.9 Å². The molecule has 0 unspecified atom stereocenters. The van der Waals surface area contributed by atoms with Crippen molar-refractivity contribution in [1.82, 2.24) is 4.90 Å². The summed E-state index contributed by atoms with van der Waals surface area (Å²) in [7, 11) is 0. The maximum absolute atomic E-state index is 12.9. The van der Waals surface area contributed by atoms with Gasteiger partial charge in [0, 0.05) is 6.54 Å². The summed E-state index contributed by atoms with van der Waals surface area (Å²) in [5.74, 6) is -1.05. The first kappa shape index (κ1) is 13.8. The molecule has 0 aliphatic carbocycles. The molecule has 1 aromatic carbocycles. The normalized spacial score (nSPS) is 20.3. The number of benzene rings is 1. The Kier molecular flexibility index (Phi) is 3.04. The molecule has 1 atom stereocenters. The van der Waals surface area contributed by atoms with Crippen molar-refractivity contribution >= 4 is 23.4 Å². The smallest absolute Gasteiger partial charge is 0.300 e. The van der Waals surface area contributed by atoms with Gasteiger partial charge < -0.3 is 9.32 Å². The van der Waals surface area contributed by atoms with Gasteiger partial charge in [-0.1, -0.05) is 12.1 Å². The fraction of sp³-hybridized carbons (Fsp3) is 0.235. The van der Waals surface area contributed by atoms with Gasteiger partial charge in [-0.3, -0.25) is 14.4 Å². The summed E-state index contributed by atoms with van der Waals surface area (Å²) >= 11 is 0. The minimum atomic E-state index is -0.589. The van der Waals surface area contributed by atoms with Crippen LogP contribution in [0.25, 0.3) is 0 Å². The Bertz CT molecular complexity index is 797. The topological polar surface area (TPSA) is 70.8 Å². The fourth-order valence-electron chi connectivity index (χ4n) is 3.26. The van der Waals surface area contributed by atoms with Gasteiger partial charge in [0.05, 0.1) is 17.5 Å². The highest BCUT2D eigenvalue weighted by Crippen LogP contribution is 2.33. The lowest BCUT2D eigenvalue weighted by Crippen LogP contribution is -2.47. The number of fused-ring (bicyclic) bond motifs is 2. The number of hydrogen-bond acceptors (Lipinski definition) is 4. The highest BCUT2D eigenvalue weighted by molar-refractivity contribution is 6.25. The van der Waals surface area contributed by atoms with Crippen LogP contribution in [0.15, 0.2) is 47.1 Å². The zero-order valence-corrected chi connectivity index (χ0v) is 12.3. The number of anilines is 1. The Labute approximate surface area is 132 Å². The van der Waals surface area contributed by atoms with E-state index in [1.54, 1.807) is 35.2 Å². The Balaban J connectivity index is 1.89. The van der Waals surface area contributed by atoms with Crippen LogP contribution in [0.1, 0.15) is 33.8 Å². The third-order valence-corrected chi connectivity index (χ3v) is 4.33. The van der Waals surface area contributed by atoms with Gasteiger partial charge in [0.25, 0.3) is 11.8 Å². The summed E-state index contributed by atoms with van der Waals surface area (Å²) in [6.45, 7) is 0.534. The van der Waals surface area contributed by atoms with Crippen molar-refractivity contribution in [2.45, 2.75) is 18.9 Å². The average Bonchev–Trinajstić information content (AvgIpc) is 3.24. The van der Waals surface area contributed by atoms with Gasteiger partial charge in [0.15, 0.2) is 5.76 Å². The lowest BCUT2D eigenvalue weighted by molar-refractivity contribution is -0.121. The van der Waals surface area contributed by atoms with Crippen LogP contribution in [0.2, 0.25) is 0 Å². The van der Waals surface area contributed by atoms with Gasteiger partial charge in [-0.2, -0.15) is 0 Å². The van der Waals surface area contributed by atoms with E-state index >= 15 is 0 Å². The summed E-state index contributed by atoms with van der Waals surface area (Å²) in [6.07, 6.45) is 2.71. The number of hydrogen-bond donors (Lipinski definition) is 0. The van der Waals surface area contributed by atoms with Gasteiger partial charge in [0.2, 0.25) is 0 Å². The number of furan rings is 1. The predicted octanol–water partition coefficient (Wildman–Crippen LogP) is 2.07. The number of carbonyl (C=O) groups is 3. The third-order valence-electron chi connectivity index (χ3n) is 4.33. The molecule has 6 nitrogen and oxygen atoms in total. The summed E-state index contributed by atoms with van der Waals surface area (Å²) in [4.78, 5) is 41.1. The maximum atomic E-state index is 12.9. The van der Waals surface area contributed by atoms with Gasteiger partial charge in [-0.15, -0.1) is 0 Å². The van der Waals surface area contributed by atoms with E-state index in [0.29, 0.717) is 24.2 Å². The molecule has 2 aliphatic rings. The first-order valence-corrected chi connectivity index (χ1v) is 7.50. The van der Waals surface area contributed by atoms with Gasteiger partial charge >= 0.3 is 5.91 Å². The summed E-state index contributed by atoms with van der Waals surface area (Å²) < 4.78 is 5.15. The molecule has 1 saturated heterocycles. The molecule has 3 heterocycles. The van der Waals surface area contributed by atoms with E-state index in [4.69, 9.17) is 4.42 Å². The second-order valence-corrected chi connectivity index (χ2v) is 5.63. The molecule has 0 bridgehead atoms. The molecule has 0 N–H and O–H groups in total. The molecule has 0 saturated carbocycles. The van der Waals surface area contributed by atoms with Crippen LogP contribution in [0.4, 0.5) is 5.69 Å². The lowest BCUT2D eigenvalue weighted by atomic mass is 10.1. The molecule has 1 fully saturated rings. The average molecular weight is 310 g/mol. The second-order valence-electron chi connectivity index (χ2n) is 5.63. The molecule has 3 amide bonds. The minimum Gasteiger partial charge on any atom is -0.459 e. The van der Waals surface area contributed by atoms with Crippen LogP contribution in [0.5, 0.6) is 0 Å². The van der Waals surface area contributed by atoms with E-state index in [2.05, 4.69) is 0 Å². The molecule has 23 heavy (non-hydrogen) atoms. The summed E-state index contributed by atoms with van der Waals surface area (Å²) in [5.41, 5.74) is 0.684. The van der Waals surface area contributed by atoms with Crippen molar-refractivity contribution in [2.75, 3.05) is 11.4 Å². The number of nitrogens with zero attached hydrogens (tertiary/aromatic N) is 2. The molecule has 4 rings (SSSR count). The molecule has 2 aromatic rings. The fourth-order valence-corrected chi connectivity index (χ4v) is 3.26. The van der Waals surface area contributed by atoms with Gasteiger partial charge in [-0.05, 0) is 37.1 Å². The summed E-state index contributed by atoms with van der Waals surface area (Å²) in [5, 5.41) is 0. The molecule has 2 aliphatic heterocycles. The molecular weight excluding hydrogens is 296 g/mol. The van der Waals surface area contributed by atoms with E-state index in [0.717, 1.165) is 11.3 Å². The monoisotopic (exact) mass is 310 g/mol. The van der Waals surface area contributed by atoms with Crippen LogP contribution in [0, 0.1) is 0 Å². The highest BCUT2D eigenvalue weighted by atomic mass is 16.3. The number of amides is 3. The largest absolute Gasteiger partial charge is 0.459 e. The number of carbonyl (C=O) groups excluding carboxylic acids is 3. The number of para-hydroxylation sites is 1. The van der Waals surface area contributed by atoms with Crippen LogP contribution in [0.3, 0.4) is 0 Å². The lowest BCUT2D eigenvalue weighted by Gasteiger charge is -2.23. The van der Waals surface area contributed by atoms with Crippen molar-refractivity contribution in [3.05, 3.63) is 54.0 Å². The molecule has 116 valence electrons. The maximum Gasteiger partial charge on any atom is 0.300 e. The zero-order valence-electron chi connectivity index (χ0n) is 12.3. The van der Waals surface area contributed by atoms with E-state index in [9.17, 15) is 14.4 Å². The van der Waals surface area contributed by atoms with E-state index in [-0.39, 0.29) is 17.6 Å². The predicted molar refractivity (Wildman–Crippen MR) is 81.0 cm³/mol. The van der Waals surface area contributed by atoms with Gasteiger partial charge in [0.1, 0.15) is 6.04 Å². The van der Waals surface area contributed by atoms with Crippen molar-refractivity contribution in [1.29, 1.82) is 0 Å². The minimum absolute atomic E-state index is 0.0760. The Morgan fingerprint density at radius 1 is 1.13 bits per heavy atom. The SMILES string of the molecule is O=C(c1ccco1)N1C(=O)[C@@H]2CCCN2C(=O)c2ccccc21. The number of rotatable bonds is 1. The van der Waals surface area contributed by atoms with Crippen molar-refractivity contribution in [3.63, 3.8) is 0 Å². The second kappa shape index (κ2) is 5.08. The van der Waals surface area contributed by atoms with Crippen LogP contribution >= 0.6 is 0 Å². The molecule has 0 radical (unpaired) electrons. The van der Waals surface area contributed by atoms with Crippen molar-refractivity contribution in [3.8, 4) is 0 Å². The highest BCUT2D eigenvalue weighted by Gasteiger charge is 2.44. The zero-order chi connectivity index (χ0) is 16.0. The molecule has 6 heteroatoms. The van der Waals surface area contributed by atoms with Crippen molar-refractivity contribution in [2.24, 2.45) is 0 Å². The van der Waals surface area contributed by atoms with Crippen LogP contribution in [-0.4, -0.2) is 35.2 Å². The standard InChI is InChI=1S/C17H14N2O4/c20-15-11-5-1-2-6-12(11)19(17(22)14-8-4-10-23-14)16(21)13-7-3-9-18(13)15/h1-2,4-6,8,10,13H,3,7,9H2/t13-/m0/s1. The Hall–Kier alpha value is -2.89. The van der Waals surface area contributed by atoms with E-state index in [1.807, 2.05) is 0 Å². The van der Waals surface area contributed by atoms with Crippen LogP contribution < -0.4 is 4.90 Å². The van der Waals surface area contributed by atoms with Crippen LogP contribution in [-0.2, 0) is 4.79 Å². The Morgan fingerprint density at radius 2 is 1.96 bits per heavy atom. The van der Waals surface area contributed by atoms with E-state index in [1.165, 1.54) is 12.3 Å². The van der Waals surface area contributed by atoms with Gasteiger partial charge in [-0.25, -0.2) is 4.90 Å². The number of imide groups is 1. The molecule has 0 spiro atoms. The Morgan fingerprint density at radius 3 is 2.74 bits per heavy atom. The molecule has 1 aromatic heterocycles. The quantitative estimate of drug-likeness (QED) is 0.756. The third kappa shape index (κ3) is 1.98. The summed E-state index contributed by atoms with van der Waals surface area (Å²) in [6, 6.07) is 9.22.